The van der Waals surface area contributed by atoms with Gasteiger partial charge in [-0.05, 0) is 12.5 Å². The Morgan fingerprint density at radius 2 is 2.12 bits per heavy atom. The molecule has 1 aromatic rings. The van der Waals surface area contributed by atoms with Crippen LogP contribution in [0.25, 0.3) is 0 Å². The molecule has 0 aliphatic carbocycles. The molecule has 94 valence electrons. The predicted molar refractivity (Wildman–Crippen MR) is 67.8 cm³/mol. The molecule has 0 amide bonds. The lowest BCUT2D eigenvalue weighted by molar-refractivity contribution is -0.109. The van der Waals surface area contributed by atoms with Crippen LogP contribution in [0.2, 0.25) is 0 Å². The van der Waals surface area contributed by atoms with Crippen LogP contribution in [0.15, 0.2) is 30.3 Å². The van der Waals surface area contributed by atoms with Gasteiger partial charge in [0.2, 0.25) is 0 Å². The third-order valence-electron chi connectivity index (χ3n) is 3.31. The van der Waals surface area contributed by atoms with E-state index in [2.05, 4.69) is 36.1 Å². The van der Waals surface area contributed by atoms with E-state index in [1.165, 1.54) is 5.56 Å². The molecule has 1 unspecified atom stereocenters. The predicted octanol–water partition coefficient (Wildman–Crippen LogP) is 1.66. The molecule has 3 heteroatoms. The molecular weight excluding hydrogens is 214 g/mol. The summed E-state index contributed by atoms with van der Waals surface area (Å²) < 4.78 is 5.77. The number of aliphatic hydroxyl groups excluding tert-OH is 1. The highest BCUT2D eigenvalue weighted by atomic mass is 16.5. The van der Waals surface area contributed by atoms with E-state index in [0.29, 0.717) is 6.42 Å². The van der Waals surface area contributed by atoms with E-state index < -0.39 is 0 Å². The third kappa shape index (κ3) is 3.53. The number of rotatable bonds is 4. The second-order valence-electron chi connectivity index (χ2n) is 4.97. The highest BCUT2D eigenvalue weighted by Gasteiger charge is 2.31. The minimum Gasteiger partial charge on any atom is -0.396 e. The van der Waals surface area contributed by atoms with Crippen molar-refractivity contribution in [3.63, 3.8) is 0 Å². The molecule has 3 nitrogen and oxygen atoms in total. The first-order valence-electron chi connectivity index (χ1n) is 6.23. The van der Waals surface area contributed by atoms with Gasteiger partial charge >= 0.3 is 0 Å². The molecule has 1 saturated heterocycles. The third-order valence-corrected chi connectivity index (χ3v) is 3.31. The zero-order chi connectivity index (χ0) is 12.1. The van der Waals surface area contributed by atoms with Crippen molar-refractivity contribution in [2.75, 3.05) is 26.3 Å². The topological polar surface area (TPSA) is 32.7 Å². The summed E-state index contributed by atoms with van der Waals surface area (Å²) in [5.74, 6) is 0. The summed E-state index contributed by atoms with van der Waals surface area (Å²) in [4.78, 5) is 2.40. The Labute approximate surface area is 103 Å². The van der Waals surface area contributed by atoms with E-state index in [4.69, 9.17) is 9.84 Å². The second-order valence-corrected chi connectivity index (χ2v) is 4.97. The van der Waals surface area contributed by atoms with Crippen LogP contribution in [-0.4, -0.2) is 41.9 Å². The molecule has 0 spiro atoms. The SMILES string of the molecule is CC1(CCO)CN(Cc2ccccc2)CCO1. The maximum absolute atomic E-state index is 9.06. The van der Waals surface area contributed by atoms with E-state index in [1.54, 1.807) is 0 Å². The van der Waals surface area contributed by atoms with E-state index in [1.807, 2.05) is 6.07 Å². The van der Waals surface area contributed by atoms with Crippen LogP contribution >= 0.6 is 0 Å². The van der Waals surface area contributed by atoms with Crippen LogP contribution in [0.4, 0.5) is 0 Å². The van der Waals surface area contributed by atoms with Gasteiger partial charge in [0.25, 0.3) is 0 Å². The molecular formula is C14H21NO2. The van der Waals surface area contributed by atoms with Crippen LogP contribution < -0.4 is 0 Å². The van der Waals surface area contributed by atoms with Crippen molar-refractivity contribution in [1.82, 2.24) is 4.90 Å². The second kappa shape index (κ2) is 5.63. The fraction of sp³-hybridized carbons (Fsp3) is 0.571. The molecule has 1 aliphatic heterocycles. The van der Waals surface area contributed by atoms with Gasteiger partial charge in [-0.25, -0.2) is 0 Å². The van der Waals surface area contributed by atoms with Gasteiger partial charge in [0.1, 0.15) is 0 Å². The van der Waals surface area contributed by atoms with Crippen molar-refractivity contribution in [3.05, 3.63) is 35.9 Å². The van der Waals surface area contributed by atoms with Crippen LogP contribution in [0, 0.1) is 0 Å². The average molecular weight is 235 g/mol. The summed E-state index contributed by atoms with van der Waals surface area (Å²) in [7, 11) is 0. The minimum absolute atomic E-state index is 0.190. The van der Waals surface area contributed by atoms with Crippen molar-refractivity contribution >= 4 is 0 Å². The quantitative estimate of drug-likeness (QED) is 0.861. The number of nitrogens with zero attached hydrogens (tertiary/aromatic N) is 1. The summed E-state index contributed by atoms with van der Waals surface area (Å²) in [6.45, 7) is 5.85. The number of benzene rings is 1. The van der Waals surface area contributed by atoms with Gasteiger partial charge in [0.05, 0.1) is 12.2 Å². The Kier molecular flexibility index (Phi) is 4.15. The van der Waals surface area contributed by atoms with E-state index in [9.17, 15) is 0 Å². The van der Waals surface area contributed by atoms with Gasteiger partial charge in [-0.15, -0.1) is 0 Å². The summed E-state index contributed by atoms with van der Waals surface area (Å²) in [6, 6.07) is 10.5. The van der Waals surface area contributed by atoms with Crippen molar-refractivity contribution in [1.29, 1.82) is 0 Å². The number of aliphatic hydroxyl groups is 1. The molecule has 1 N–H and O–H groups in total. The maximum atomic E-state index is 9.06. The Hall–Kier alpha value is -0.900. The monoisotopic (exact) mass is 235 g/mol. The highest BCUT2D eigenvalue weighted by molar-refractivity contribution is 5.14. The van der Waals surface area contributed by atoms with Gasteiger partial charge in [0.15, 0.2) is 0 Å². The molecule has 1 aliphatic rings. The van der Waals surface area contributed by atoms with Crippen molar-refractivity contribution in [2.45, 2.75) is 25.5 Å². The Bertz CT molecular complexity index is 337. The number of morpholine rings is 1. The first-order valence-corrected chi connectivity index (χ1v) is 6.23. The molecule has 1 fully saturated rings. The zero-order valence-electron chi connectivity index (χ0n) is 10.4. The molecule has 0 bridgehead atoms. The fourth-order valence-electron chi connectivity index (χ4n) is 2.38. The molecule has 0 aromatic heterocycles. The van der Waals surface area contributed by atoms with Gasteiger partial charge in [-0.1, -0.05) is 30.3 Å². The van der Waals surface area contributed by atoms with E-state index in [0.717, 1.165) is 26.2 Å². The van der Waals surface area contributed by atoms with Crippen LogP contribution in [-0.2, 0) is 11.3 Å². The minimum atomic E-state index is -0.193. The normalized spacial score (nSPS) is 26.0. The lowest BCUT2D eigenvalue weighted by Crippen LogP contribution is -2.50. The standard InChI is InChI=1S/C14H21NO2/c1-14(7-9-16)12-15(8-10-17-14)11-13-5-3-2-4-6-13/h2-6,16H,7-12H2,1H3. The van der Waals surface area contributed by atoms with E-state index >= 15 is 0 Å². The Morgan fingerprint density at radius 1 is 1.35 bits per heavy atom. The number of hydrogen-bond acceptors (Lipinski definition) is 3. The zero-order valence-corrected chi connectivity index (χ0v) is 10.4. The summed E-state index contributed by atoms with van der Waals surface area (Å²) in [5.41, 5.74) is 1.14. The summed E-state index contributed by atoms with van der Waals surface area (Å²) >= 11 is 0. The Balaban J connectivity index is 1.94. The lowest BCUT2D eigenvalue weighted by Gasteiger charge is -2.40. The van der Waals surface area contributed by atoms with Crippen LogP contribution in [0.5, 0.6) is 0 Å². The van der Waals surface area contributed by atoms with Crippen molar-refractivity contribution in [3.8, 4) is 0 Å². The van der Waals surface area contributed by atoms with Gasteiger partial charge in [-0.2, -0.15) is 0 Å². The lowest BCUT2D eigenvalue weighted by atomic mass is 10.00. The van der Waals surface area contributed by atoms with Crippen molar-refractivity contribution in [2.24, 2.45) is 0 Å². The average Bonchev–Trinajstić information content (AvgIpc) is 2.30. The van der Waals surface area contributed by atoms with Crippen molar-refractivity contribution < 1.29 is 9.84 Å². The first kappa shape index (κ1) is 12.6. The summed E-state index contributed by atoms with van der Waals surface area (Å²) in [5, 5.41) is 9.06. The van der Waals surface area contributed by atoms with Gasteiger partial charge in [-0.3, -0.25) is 4.90 Å². The van der Waals surface area contributed by atoms with Gasteiger partial charge in [0, 0.05) is 32.7 Å². The molecule has 0 saturated carbocycles. The highest BCUT2D eigenvalue weighted by Crippen LogP contribution is 2.22. The molecule has 0 radical (unpaired) electrons. The van der Waals surface area contributed by atoms with E-state index in [-0.39, 0.29) is 12.2 Å². The first-order chi connectivity index (χ1) is 8.22. The molecule has 2 rings (SSSR count). The summed E-state index contributed by atoms with van der Waals surface area (Å²) in [6.07, 6.45) is 0.707. The largest absolute Gasteiger partial charge is 0.396 e. The molecule has 1 atom stereocenters. The number of hydrogen-bond donors (Lipinski definition) is 1. The molecule has 1 heterocycles. The fourth-order valence-corrected chi connectivity index (χ4v) is 2.38. The molecule has 1 aromatic carbocycles. The van der Waals surface area contributed by atoms with Crippen LogP contribution in [0.3, 0.4) is 0 Å². The smallest absolute Gasteiger partial charge is 0.0803 e. The number of ether oxygens (including phenoxy) is 1. The van der Waals surface area contributed by atoms with Crippen LogP contribution in [0.1, 0.15) is 18.9 Å². The van der Waals surface area contributed by atoms with Gasteiger partial charge < -0.3 is 9.84 Å². The maximum Gasteiger partial charge on any atom is 0.0803 e. The molecule has 17 heavy (non-hydrogen) atoms. The Morgan fingerprint density at radius 3 is 2.82 bits per heavy atom.